The zero-order valence-electron chi connectivity index (χ0n) is 15.4. The highest BCUT2D eigenvalue weighted by atomic mass is 16.2. The van der Waals surface area contributed by atoms with Gasteiger partial charge in [0.15, 0.2) is 0 Å². The number of aromatic nitrogens is 1. The number of nitrogens with zero attached hydrogens (tertiary/aromatic N) is 2. The number of urea groups is 1. The summed E-state index contributed by atoms with van der Waals surface area (Å²) in [6, 6.07) is 14.3. The summed E-state index contributed by atoms with van der Waals surface area (Å²) in [7, 11) is 0. The second-order valence-corrected chi connectivity index (χ2v) is 7.04. The van der Waals surface area contributed by atoms with E-state index in [1.807, 2.05) is 13.0 Å². The van der Waals surface area contributed by atoms with Crippen molar-refractivity contribution in [1.29, 1.82) is 0 Å². The second-order valence-electron chi connectivity index (χ2n) is 7.04. The topological polar surface area (TPSA) is 57.3 Å². The maximum absolute atomic E-state index is 12.0. The maximum atomic E-state index is 12.0. The van der Waals surface area contributed by atoms with Crippen LogP contribution in [0.25, 0.3) is 0 Å². The molecular formula is C21H28N4O. The van der Waals surface area contributed by atoms with E-state index in [1.165, 1.54) is 24.8 Å². The number of amides is 2. The van der Waals surface area contributed by atoms with Crippen LogP contribution in [0.1, 0.15) is 24.1 Å². The first-order valence-electron chi connectivity index (χ1n) is 9.43. The Morgan fingerprint density at radius 3 is 2.69 bits per heavy atom. The predicted octanol–water partition coefficient (Wildman–Crippen LogP) is 3.47. The smallest absolute Gasteiger partial charge is 0.319 e. The highest BCUT2D eigenvalue weighted by Gasteiger charge is 2.19. The lowest BCUT2D eigenvalue weighted by Gasteiger charge is -2.32. The molecule has 138 valence electrons. The highest BCUT2D eigenvalue weighted by molar-refractivity contribution is 5.89. The maximum Gasteiger partial charge on any atom is 0.319 e. The van der Waals surface area contributed by atoms with E-state index in [-0.39, 0.29) is 6.03 Å². The number of benzene rings is 1. The fourth-order valence-corrected chi connectivity index (χ4v) is 3.49. The second kappa shape index (κ2) is 9.34. The van der Waals surface area contributed by atoms with Crippen LogP contribution >= 0.6 is 0 Å². The summed E-state index contributed by atoms with van der Waals surface area (Å²) in [5, 5.41) is 5.78. The van der Waals surface area contributed by atoms with Crippen molar-refractivity contribution in [2.45, 2.75) is 26.2 Å². The van der Waals surface area contributed by atoms with E-state index in [0.29, 0.717) is 6.54 Å². The third kappa shape index (κ3) is 5.85. The number of piperidine rings is 1. The van der Waals surface area contributed by atoms with Crippen LogP contribution in [0.3, 0.4) is 0 Å². The molecule has 2 amide bonds. The molecule has 1 saturated heterocycles. The SMILES string of the molecule is Cc1cc(NC(=O)NCCN2CCC(Cc3ccccc3)CC2)ccn1. The summed E-state index contributed by atoms with van der Waals surface area (Å²) < 4.78 is 0. The van der Waals surface area contributed by atoms with Crippen molar-refractivity contribution in [1.82, 2.24) is 15.2 Å². The Balaban J connectivity index is 1.32. The van der Waals surface area contributed by atoms with Gasteiger partial charge in [-0.15, -0.1) is 0 Å². The van der Waals surface area contributed by atoms with Crippen LogP contribution in [0.15, 0.2) is 48.7 Å². The van der Waals surface area contributed by atoms with E-state index in [1.54, 1.807) is 12.3 Å². The number of anilines is 1. The normalized spacial score (nSPS) is 15.6. The standard InChI is InChI=1S/C21H28N4O/c1-17-15-20(7-10-22-17)24-21(26)23-11-14-25-12-8-19(9-13-25)16-18-5-3-2-4-6-18/h2-7,10,15,19H,8-9,11-14,16H2,1H3,(H2,22,23,24,26). The molecule has 1 aliphatic rings. The van der Waals surface area contributed by atoms with Gasteiger partial charge in [0.25, 0.3) is 0 Å². The van der Waals surface area contributed by atoms with Gasteiger partial charge in [-0.25, -0.2) is 4.79 Å². The van der Waals surface area contributed by atoms with E-state index in [0.717, 1.165) is 36.9 Å². The first-order valence-corrected chi connectivity index (χ1v) is 9.43. The average molecular weight is 352 g/mol. The van der Waals surface area contributed by atoms with Crippen molar-refractivity contribution in [3.05, 3.63) is 59.9 Å². The van der Waals surface area contributed by atoms with Crippen molar-refractivity contribution in [3.8, 4) is 0 Å². The molecule has 5 heteroatoms. The number of carbonyl (C=O) groups is 1. The monoisotopic (exact) mass is 352 g/mol. The number of rotatable bonds is 6. The van der Waals surface area contributed by atoms with Crippen LogP contribution in [0.5, 0.6) is 0 Å². The fraction of sp³-hybridized carbons (Fsp3) is 0.429. The third-order valence-electron chi connectivity index (χ3n) is 4.94. The molecule has 26 heavy (non-hydrogen) atoms. The number of aryl methyl sites for hydroxylation is 1. The Hall–Kier alpha value is -2.40. The molecular weight excluding hydrogens is 324 g/mol. The zero-order chi connectivity index (χ0) is 18.2. The Bertz CT molecular complexity index is 696. The van der Waals surface area contributed by atoms with Crippen molar-refractivity contribution >= 4 is 11.7 Å². The largest absolute Gasteiger partial charge is 0.337 e. The molecule has 0 saturated carbocycles. The van der Waals surface area contributed by atoms with Gasteiger partial charge in [-0.05, 0) is 62.9 Å². The van der Waals surface area contributed by atoms with E-state index >= 15 is 0 Å². The molecule has 1 aliphatic heterocycles. The number of likely N-dealkylation sites (tertiary alicyclic amines) is 1. The van der Waals surface area contributed by atoms with Crippen LogP contribution in [0, 0.1) is 12.8 Å². The van der Waals surface area contributed by atoms with Gasteiger partial charge < -0.3 is 15.5 Å². The zero-order valence-corrected chi connectivity index (χ0v) is 15.4. The van der Waals surface area contributed by atoms with E-state index in [2.05, 4.69) is 50.8 Å². The lowest BCUT2D eigenvalue weighted by molar-refractivity contribution is 0.184. The molecule has 2 heterocycles. The minimum Gasteiger partial charge on any atom is -0.337 e. The predicted molar refractivity (Wildman–Crippen MR) is 105 cm³/mol. The van der Waals surface area contributed by atoms with E-state index < -0.39 is 0 Å². The summed E-state index contributed by atoms with van der Waals surface area (Å²) in [5.41, 5.74) is 3.11. The van der Waals surface area contributed by atoms with Gasteiger partial charge in [-0.3, -0.25) is 4.98 Å². The van der Waals surface area contributed by atoms with Crippen LogP contribution in [-0.4, -0.2) is 42.1 Å². The quantitative estimate of drug-likeness (QED) is 0.837. The Morgan fingerprint density at radius 1 is 1.19 bits per heavy atom. The van der Waals surface area contributed by atoms with Crippen LogP contribution < -0.4 is 10.6 Å². The van der Waals surface area contributed by atoms with Crippen molar-refractivity contribution in [2.24, 2.45) is 5.92 Å². The molecule has 0 unspecified atom stereocenters. The average Bonchev–Trinajstić information content (AvgIpc) is 2.64. The van der Waals surface area contributed by atoms with Gasteiger partial charge in [-0.1, -0.05) is 30.3 Å². The summed E-state index contributed by atoms with van der Waals surface area (Å²) in [6.45, 7) is 5.71. The van der Waals surface area contributed by atoms with Crippen LogP contribution in [-0.2, 0) is 6.42 Å². The van der Waals surface area contributed by atoms with Crippen LogP contribution in [0.4, 0.5) is 10.5 Å². The third-order valence-corrected chi connectivity index (χ3v) is 4.94. The molecule has 0 aliphatic carbocycles. The molecule has 0 radical (unpaired) electrons. The van der Waals surface area contributed by atoms with Gasteiger partial charge in [0.1, 0.15) is 0 Å². The molecule has 5 nitrogen and oxygen atoms in total. The minimum absolute atomic E-state index is 0.158. The van der Waals surface area contributed by atoms with Crippen molar-refractivity contribution in [3.63, 3.8) is 0 Å². The molecule has 0 atom stereocenters. The minimum atomic E-state index is -0.158. The molecule has 0 spiro atoms. The first kappa shape index (κ1) is 18.4. The molecule has 2 aromatic rings. The van der Waals surface area contributed by atoms with E-state index in [4.69, 9.17) is 0 Å². The summed E-state index contributed by atoms with van der Waals surface area (Å²) in [6.07, 6.45) is 5.35. The van der Waals surface area contributed by atoms with Crippen LogP contribution in [0.2, 0.25) is 0 Å². The number of carbonyl (C=O) groups excluding carboxylic acids is 1. The lowest BCUT2D eigenvalue weighted by atomic mass is 9.90. The molecule has 1 aromatic heterocycles. The molecule has 3 rings (SSSR count). The van der Waals surface area contributed by atoms with Gasteiger partial charge in [0.2, 0.25) is 0 Å². The Labute approximate surface area is 155 Å². The highest BCUT2D eigenvalue weighted by Crippen LogP contribution is 2.21. The summed E-state index contributed by atoms with van der Waals surface area (Å²) in [4.78, 5) is 18.5. The van der Waals surface area contributed by atoms with Gasteiger partial charge >= 0.3 is 6.03 Å². The molecule has 1 aromatic carbocycles. The number of nitrogens with one attached hydrogen (secondary N) is 2. The molecule has 1 fully saturated rings. The number of hydrogen-bond acceptors (Lipinski definition) is 3. The fourth-order valence-electron chi connectivity index (χ4n) is 3.49. The Morgan fingerprint density at radius 2 is 1.96 bits per heavy atom. The summed E-state index contributed by atoms with van der Waals surface area (Å²) in [5.74, 6) is 0.778. The van der Waals surface area contributed by atoms with Gasteiger partial charge in [-0.2, -0.15) is 0 Å². The molecule has 2 N–H and O–H groups in total. The molecule has 0 bridgehead atoms. The van der Waals surface area contributed by atoms with Crippen molar-refractivity contribution in [2.75, 3.05) is 31.5 Å². The van der Waals surface area contributed by atoms with Crippen molar-refractivity contribution < 1.29 is 4.79 Å². The lowest BCUT2D eigenvalue weighted by Crippen LogP contribution is -2.40. The van der Waals surface area contributed by atoms with Gasteiger partial charge in [0, 0.05) is 30.7 Å². The first-order chi connectivity index (χ1) is 12.7. The van der Waals surface area contributed by atoms with E-state index in [9.17, 15) is 4.79 Å². The Kier molecular flexibility index (Phi) is 6.61. The summed E-state index contributed by atoms with van der Waals surface area (Å²) >= 11 is 0. The number of pyridine rings is 1. The van der Waals surface area contributed by atoms with Gasteiger partial charge in [0.05, 0.1) is 0 Å². The number of hydrogen-bond donors (Lipinski definition) is 2.